The molecular weight excluding hydrogens is 294 g/mol. The monoisotopic (exact) mass is 309 g/mol. The second-order valence-electron chi connectivity index (χ2n) is 4.22. The molecule has 0 amide bonds. The first kappa shape index (κ1) is 13.1. The number of anilines is 1. The first-order valence-electron chi connectivity index (χ1n) is 5.93. The lowest BCUT2D eigenvalue weighted by Crippen LogP contribution is -2.03. The summed E-state index contributed by atoms with van der Waals surface area (Å²) in [4.78, 5) is 4.11. The summed E-state index contributed by atoms with van der Waals surface area (Å²) in [6, 6.07) is 2.02. The summed E-state index contributed by atoms with van der Waals surface area (Å²) >= 11 is 3.40. The third-order valence-corrected chi connectivity index (χ3v) is 3.25. The van der Waals surface area contributed by atoms with Gasteiger partial charge in [-0.05, 0) is 48.7 Å². The number of hydrogen-bond donors (Lipinski definition) is 1. The highest BCUT2D eigenvalue weighted by Crippen LogP contribution is 2.16. The maximum atomic E-state index is 5.14. The number of nitrogens with one attached hydrogen (secondary N) is 1. The number of halogens is 1. The van der Waals surface area contributed by atoms with Crippen molar-refractivity contribution in [3.63, 3.8) is 0 Å². The van der Waals surface area contributed by atoms with Crippen molar-refractivity contribution in [2.45, 2.75) is 26.7 Å². The highest BCUT2D eigenvalue weighted by atomic mass is 79.9. The van der Waals surface area contributed by atoms with E-state index < -0.39 is 0 Å². The SMILES string of the molecule is Cc1noc(C)c1CCCNc1cncc(Br)c1. The van der Waals surface area contributed by atoms with Crippen LogP contribution in [0, 0.1) is 13.8 Å². The Morgan fingerprint density at radius 1 is 1.33 bits per heavy atom. The normalized spacial score (nSPS) is 10.6. The molecule has 18 heavy (non-hydrogen) atoms. The number of nitrogens with zero attached hydrogens (tertiary/aromatic N) is 2. The highest BCUT2D eigenvalue weighted by Gasteiger charge is 2.07. The number of hydrogen-bond acceptors (Lipinski definition) is 4. The van der Waals surface area contributed by atoms with Crippen molar-refractivity contribution in [2.75, 3.05) is 11.9 Å². The number of aromatic nitrogens is 2. The number of pyridine rings is 1. The minimum atomic E-state index is 0.905. The predicted octanol–water partition coefficient (Wildman–Crippen LogP) is 3.49. The van der Waals surface area contributed by atoms with E-state index in [-0.39, 0.29) is 0 Å². The fraction of sp³-hybridized carbons (Fsp3) is 0.385. The van der Waals surface area contributed by atoms with Crippen LogP contribution in [0.3, 0.4) is 0 Å². The second-order valence-corrected chi connectivity index (χ2v) is 5.14. The van der Waals surface area contributed by atoms with E-state index in [4.69, 9.17) is 4.52 Å². The summed E-state index contributed by atoms with van der Waals surface area (Å²) in [6.45, 7) is 4.85. The van der Waals surface area contributed by atoms with E-state index in [0.717, 1.165) is 41.0 Å². The summed E-state index contributed by atoms with van der Waals surface area (Å²) in [5, 5.41) is 7.30. The standard InChI is InChI=1S/C13H16BrN3O/c1-9-13(10(2)18-17-9)4-3-5-16-12-6-11(14)7-15-8-12/h6-8,16H,3-5H2,1-2H3. The van der Waals surface area contributed by atoms with Crippen molar-refractivity contribution >= 4 is 21.6 Å². The summed E-state index contributed by atoms with van der Waals surface area (Å²) in [6.07, 6.45) is 5.61. The van der Waals surface area contributed by atoms with E-state index in [2.05, 4.69) is 31.4 Å². The molecule has 1 N–H and O–H groups in total. The smallest absolute Gasteiger partial charge is 0.137 e. The number of rotatable bonds is 5. The summed E-state index contributed by atoms with van der Waals surface area (Å²) < 4.78 is 6.12. The lowest BCUT2D eigenvalue weighted by molar-refractivity contribution is 0.392. The van der Waals surface area contributed by atoms with Crippen molar-refractivity contribution in [1.82, 2.24) is 10.1 Å². The van der Waals surface area contributed by atoms with Crippen LogP contribution in [0.1, 0.15) is 23.4 Å². The molecule has 0 aliphatic heterocycles. The molecule has 2 aromatic heterocycles. The van der Waals surface area contributed by atoms with Crippen LogP contribution >= 0.6 is 15.9 Å². The second kappa shape index (κ2) is 6.00. The molecule has 0 aliphatic carbocycles. The minimum Gasteiger partial charge on any atom is -0.384 e. The molecule has 0 radical (unpaired) electrons. The Bertz CT molecular complexity index is 505. The summed E-state index contributed by atoms with van der Waals surface area (Å²) in [5.41, 5.74) is 3.25. The van der Waals surface area contributed by atoms with Crippen LogP contribution in [0.5, 0.6) is 0 Å². The molecule has 0 unspecified atom stereocenters. The van der Waals surface area contributed by atoms with E-state index in [1.807, 2.05) is 26.1 Å². The molecule has 0 aromatic carbocycles. The molecule has 96 valence electrons. The van der Waals surface area contributed by atoms with Crippen LogP contribution in [0.2, 0.25) is 0 Å². The Labute approximate surface area is 115 Å². The predicted molar refractivity (Wildman–Crippen MR) is 74.7 cm³/mol. The Balaban J connectivity index is 1.80. The number of aryl methyl sites for hydroxylation is 2. The zero-order chi connectivity index (χ0) is 13.0. The van der Waals surface area contributed by atoms with Gasteiger partial charge in [0.25, 0.3) is 0 Å². The van der Waals surface area contributed by atoms with Gasteiger partial charge in [-0.25, -0.2) is 0 Å². The molecule has 0 fully saturated rings. The van der Waals surface area contributed by atoms with E-state index in [1.54, 1.807) is 6.20 Å². The maximum Gasteiger partial charge on any atom is 0.137 e. The van der Waals surface area contributed by atoms with Gasteiger partial charge in [0.05, 0.1) is 17.6 Å². The Kier molecular flexibility index (Phi) is 4.36. The first-order valence-corrected chi connectivity index (χ1v) is 6.72. The molecule has 0 spiro atoms. The molecule has 0 saturated heterocycles. The average Bonchev–Trinajstić information content (AvgIpc) is 2.66. The Morgan fingerprint density at radius 2 is 2.17 bits per heavy atom. The molecule has 4 nitrogen and oxygen atoms in total. The summed E-state index contributed by atoms with van der Waals surface area (Å²) in [7, 11) is 0. The average molecular weight is 310 g/mol. The molecule has 2 heterocycles. The van der Waals surface area contributed by atoms with Gasteiger partial charge < -0.3 is 9.84 Å². The van der Waals surface area contributed by atoms with Crippen LogP contribution in [-0.2, 0) is 6.42 Å². The van der Waals surface area contributed by atoms with Crippen molar-refractivity contribution in [3.05, 3.63) is 40.0 Å². The van der Waals surface area contributed by atoms with Gasteiger partial charge in [-0.1, -0.05) is 5.16 Å². The van der Waals surface area contributed by atoms with Crippen molar-refractivity contribution in [3.8, 4) is 0 Å². The fourth-order valence-corrected chi connectivity index (χ4v) is 2.23. The highest BCUT2D eigenvalue weighted by molar-refractivity contribution is 9.10. The van der Waals surface area contributed by atoms with Gasteiger partial charge >= 0.3 is 0 Å². The Morgan fingerprint density at radius 3 is 2.83 bits per heavy atom. The van der Waals surface area contributed by atoms with Gasteiger partial charge in [-0.3, -0.25) is 4.98 Å². The van der Waals surface area contributed by atoms with Crippen molar-refractivity contribution in [1.29, 1.82) is 0 Å². The van der Waals surface area contributed by atoms with Gasteiger partial charge in [0, 0.05) is 22.8 Å². The van der Waals surface area contributed by atoms with Crippen molar-refractivity contribution in [2.24, 2.45) is 0 Å². The largest absolute Gasteiger partial charge is 0.384 e. The van der Waals surface area contributed by atoms with E-state index in [0.29, 0.717) is 0 Å². The molecular formula is C13H16BrN3O. The van der Waals surface area contributed by atoms with E-state index in [9.17, 15) is 0 Å². The molecule has 0 saturated carbocycles. The lowest BCUT2D eigenvalue weighted by Gasteiger charge is -2.06. The third kappa shape index (κ3) is 3.32. The van der Waals surface area contributed by atoms with Crippen LogP contribution in [0.15, 0.2) is 27.5 Å². The van der Waals surface area contributed by atoms with E-state index in [1.165, 1.54) is 5.56 Å². The first-order chi connectivity index (χ1) is 8.66. The van der Waals surface area contributed by atoms with Gasteiger partial charge in [0.1, 0.15) is 5.76 Å². The third-order valence-electron chi connectivity index (χ3n) is 2.82. The maximum absolute atomic E-state index is 5.14. The molecule has 2 rings (SSSR count). The molecule has 0 aliphatic rings. The Hall–Kier alpha value is -1.36. The summed E-state index contributed by atoms with van der Waals surface area (Å²) in [5.74, 6) is 0.927. The van der Waals surface area contributed by atoms with Gasteiger partial charge in [0.15, 0.2) is 0 Å². The van der Waals surface area contributed by atoms with Crippen LogP contribution in [0.25, 0.3) is 0 Å². The zero-order valence-electron chi connectivity index (χ0n) is 10.5. The molecule has 5 heteroatoms. The minimum absolute atomic E-state index is 0.905. The van der Waals surface area contributed by atoms with Crippen LogP contribution < -0.4 is 5.32 Å². The van der Waals surface area contributed by atoms with Gasteiger partial charge in [-0.15, -0.1) is 0 Å². The fourth-order valence-electron chi connectivity index (χ4n) is 1.87. The van der Waals surface area contributed by atoms with Gasteiger partial charge in [-0.2, -0.15) is 0 Å². The molecule has 2 aromatic rings. The lowest BCUT2D eigenvalue weighted by atomic mass is 10.1. The zero-order valence-corrected chi connectivity index (χ0v) is 12.1. The van der Waals surface area contributed by atoms with Crippen molar-refractivity contribution < 1.29 is 4.52 Å². The topological polar surface area (TPSA) is 51.0 Å². The quantitative estimate of drug-likeness (QED) is 0.859. The molecule has 0 bridgehead atoms. The van der Waals surface area contributed by atoms with E-state index >= 15 is 0 Å². The van der Waals surface area contributed by atoms with Crippen LogP contribution in [-0.4, -0.2) is 16.7 Å². The van der Waals surface area contributed by atoms with Gasteiger partial charge in [0.2, 0.25) is 0 Å². The molecule has 0 atom stereocenters. The van der Waals surface area contributed by atoms with Crippen LogP contribution in [0.4, 0.5) is 5.69 Å².